The molecule has 84 valence electrons. The molecule has 3 nitrogen and oxygen atoms in total. The van der Waals surface area contributed by atoms with Crippen LogP contribution in [0.25, 0.3) is 0 Å². The van der Waals surface area contributed by atoms with E-state index in [1.54, 1.807) is 0 Å². The molecular weight excluding hydrogens is 202 g/mol. The molecule has 1 aliphatic rings. The molecule has 1 aromatic carbocycles. The number of rotatable bonds is 3. The zero-order valence-electron chi connectivity index (χ0n) is 9.11. The first-order valence-electron chi connectivity index (χ1n) is 5.39. The molecule has 0 radical (unpaired) electrons. The molecule has 0 aliphatic carbocycles. The summed E-state index contributed by atoms with van der Waals surface area (Å²) in [4.78, 5) is 11.7. The van der Waals surface area contributed by atoms with E-state index in [0.717, 1.165) is 24.1 Å². The van der Waals surface area contributed by atoms with Gasteiger partial charge in [-0.05, 0) is 17.6 Å². The Bertz CT molecular complexity index is 386. The number of hydrogen-bond donors (Lipinski definition) is 1. The molecule has 0 amide bonds. The van der Waals surface area contributed by atoms with Crippen molar-refractivity contribution in [2.75, 3.05) is 6.54 Å². The molecule has 1 N–H and O–H groups in total. The third-order valence-electron chi connectivity index (χ3n) is 2.66. The van der Waals surface area contributed by atoms with Crippen molar-refractivity contribution in [2.45, 2.75) is 19.1 Å². The standard InChI is InChI=1S/C13H15NO2/c1-10-7-8-14-12(10)13(15)16-9-11-5-3-2-4-6-11/h2-6,12,14H,1,7-9H2. The van der Waals surface area contributed by atoms with E-state index < -0.39 is 0 Å². The fraction of sp³-hybridized carbons (Fsp3) is 0.308. The van der Waals surface area contributed by atoms with E-state index in [-0.39, 0.29) is 12.0 Å². The Labute approximate surface area is 95.1 Å². The van der Waals surface area contributed by atoms with E-state index in [2.05, 4.69) is 11.9 Å². The van der Waals surface area contributed by atoms with E-state index in [4.69, 9.17) is 4.74 Å². The van der Waals surface area contributed by atoms with Crippen molar-refractivity contribution in [1.82, 2.24) is 5.32 Å². The van der Waals surface area contributed by atoms with Gasteiger partial charge < -0.3 is 10.1 Å². The lowest BCUT2D eigenvalue weighted by Gasteiger charge is -2.11. The third-order valence-corrected chi connectivity index (χ3v) is 2.66. The smallest absolute Gasteiger partial charge is 0.327 e. The molecule has 0 saturated carbocycles. The SMILES string of the molecule is C=C1CCNC1C(=O)OCc1ccccc1. The number of carbonyl (C=O) groups excluding carboxylic acids is 1. The van der Waals surface area contributed by atoms with Gasteiger partial charge in [-0.25, -0.2) is 4.79 Å². The summed E-state index contributed by atoms with van der Waals surface area (Å²) in [6.07, 6.45) is 0.852. The summed E-state index contributed by atoms with van der Waals surface area (Å²) in [7, 11) is 0. The first-order valence-corrected chi connectivity index (χ1v) is 5.39. The van der Waals surface area contributed by atoms with E-state index in [0.29, 0.717) is 6.61 Å². The van der Waals surface area contributed by atoms with Crippen LogP contribution >= 0.6 is 0 Å². The van der Waals surface area contributed by atoms with E-state index in [1.807, 2.05) is 30.3 Å². The monoisotopic (exact) mass is 217 g/mol. The van der Waals surface area contributed by atoms with Gasteiger partial charge in [-0.3, -0.25) is 0 Å². The quantitative estimate of drug-likeness (QED) is 0.618. The van der Waals surface area contributed by atoms with Crippen LogP contribution in [0.4, 0.5) is 0 Å². The Hall–Kier alpha value is -1.61. The molecule has 0 bridgehead atoms. The van der Waals surface area contributed by atoms with Crippen molar-refractivity contribution in [3.8, 4) is 0 Å². The molecule has 3 heteroatoms. The Morgan fingerprint density at radius 3 is 2.81 bits per heavy atom. The van der Waals surface area contributed by atoms with Crippen LogP contribution in [0.2, 0.25) is 0 Å². The molecule has 0 aromatic heterocycles. The predicted molar refractivity (Wildman–Crippen MR) is 61.8 cm³/mol. The van der Waals surface area contributed by atoms with Gasteiger partial charge in [-0.2, -0.15) is 0 Å². The molecule has 1 unspecified atom stereocenters. The van der Waals surface area contributed by atoms with Gasteiger partial charge in [0.1, 0.15) is 12.6 Å². The lowest BCUT2D eigenvalue weighted by molar-refractivity contribution is -0.146. The summed E-state index contributed by atoms with van der Waals surface area (Å²) in [6, 6.07) is 9.34. The normalized spacial score (nSPS) is 19.8. The maximum absolute atomic E-state index is 11.7. The lowest BCUT2D eigenvalue weighted by atomic mass is 10.1. The fourth-order valence-electron chi connectivity index (χ4n) is 1.73. The van der Waals surface area contributed by atoms with Crippen LogP contribution in [-0.2, 0) is 16.1 Å². The summed E-state index contributed by atoms with van der Waals surface area (Å²) in [5.74, 6) is -0.230. The molecule has 1 saturated heterocycles. The van der Waals surface area contributed by atoms with Gasteiger partial charge in [0.2, 0.25) is 0 Å². The summed E-state index contributed by atoms with van der Waals surface area (Å²) < 4.78 is 5.22. The number of esters is 1. The van der Waals surface area contributed by atoms with Crippen LogP contribution in [0, 0.1) is 0 Å². The van der Waals surface area contributed by atoms with E-state index in [1.165, 1.54) is 0 Å². The van der Waals surface area contributed by atoms with Gasteiger partial charge in [0.05, 0.1) is 0 Å². The van der Waals surface area contributed by atoms with Gasteiger partial charge in [0.25, 0.3) is 0 Å². The summed E-state index contributed by atoms with van der Waals surface area (Å²) in [5, 5.41) is 3.07. The number of benzene rings is 1. The first-order chi connectivity index (χ1) is 7.77. The van der Waals surface area contributed by atoms with Gasteiger partial charge in [0.15, 0.2) is 0 Å². The summed E-state index contributed by atoms with van der Waals surface area (Å²) in [5.41, 5.74) is 1.91. The molecule has 1 aromatic rings. The Morgan fingerprint density at radius 1 is 1.44 bits per heavy atom. The van der Waals surface area contributed by atoms with Crippen LogP contribution < -0.4 is 5.32 Å². The first kappa shape index (κ1) is 10.9. The highest BCUT2D eigenvalue weighted by Crippen LogP contribution is 2.13. The number of carbonyl (C=O) groups is 1. The minimum Gasteiger partial charge on any atom is -0.459 e. The highest BCUT2D eigenvalue weighted by Gasteiger charge is 2.26. The van der Waals surface area contributed by atoms with Crippen molar-refractivity contribution in [3.63, 3.8) is 0 Å². The molecule has 1 aliphatic heterocycles. The maximum atomic E-state index is 11.7. The van der Waals surface area contributed by atoms with Gasteiger partial charge in [0, 0.05) is 6.54 Å². The van der Waals surface area contributed by atoms with Gasteiger partial charge in [-0.15, -0.1) is 0 Å². The zero-order valence-corrected chi connectivity index (χ0v) is 9.11. The van der Waals surface area contributed by atoms with E-state index in [9.17, 15) is 4.79 Å². The highest BCUT2D eigenvalue weighted by molar-refractivity contribution is 5.80. The second-order valence-corrected chi connectivity index (χ2v) is 3.89. The number of nitrogens with one attached hydrogen (secondary N) is 1. The Balaban J connectivity index is 1.86. The zero-order chi connectivity index (χ0) is 11.4. The second kappa shape index (κ2) is 4.94. The van der Waals surface area contributed by atoms with E-state index >= 15 is 0 Å². The predicted octanol–water partition coefficient (Wildman–Crippen LogP) is 1.65. The molecule has 0 spiro atoms. The largest absolute Gasteiger partial charge is 0.459 e. The third kappa shape index (κ3) is 2.49. The van der Waals surface area contributed by atoms with Crippen LogP contribution in [0.15, 0.2) is 42.5 Å². The number of hydrogen-bond acceptors (Lipinski definition) is 3. The molecule has 16 heavy (non-hydrogen) atoms. The molecular formula is C13H15NO2. The van der Waals surface area contributed by atoms with Crippen molar-refractivity contribution in [3.05, 3.63) is 48.0 Å². The summed E-state index contributed by atoms with van der Waals surface area (Å²) in [6.45, 7) is 4.98. The summed E-state index contributed by atoms with van der Waals surface area (Å²) >= 11 is 0. The van der Waals surface area contributed by atoms with Crippen LogP contribution in [0.3, 0.4) is 0 Å². The minimum absolute atomic E-state index is 0.230. The van der Waals surface area contributed by atoms with Crippen molar-refractivity contribution in [2.24, 2.45) is 0 Å². The van der Waals surface area contributed by atoms with Crippen LogP contribution in [0.1, 0.15) is 12.0 Å². The number of ether oxygens (including phenoxy) is 1. The Kier molecular flexibility index (Phi) is 3.37. The maximum Gasteiger partial charge on any atom is 0.327 e. The van der Waals surface area contributed by atoms with Gasteiger partial charge in [-0.1, -0.05) is 36.9 Å². The van der Waals surface area contributed by atoms with Crippen molar-refractivity contribution >= 4 is 5.97 Å². The average molecular weight is 217 g/mol. The van der Waals surface area contributed by atoms with Crippen molar-refractivity contribution < 1.29 is 9.53 Å². The minimum atomic E-state index is -0.316. The van der Waals surface area contributed by atoms with Crippen LogP contribution in [0.5, 0.6) is 0 Å². The average Bonchev–Trinajstić information content (AvgIpc) is 2.74. The second-order valence-electron chi connectivity index (χ2n) is 3.89. The molecule has 1 heterocycles. The molecule has 1 atom stereocenters. The fourth-order valence-corrected chi connectivity index (χ4v) is 1.73. The molecule has 2 rings (SSSR count). The molecule has 1 fully saturated rings. The van der Waals surface area contributed by atoms with Crippen LogP contribution in [-0.4, -0.2) is 18.6 Å². The highest BCUT2D eigenvalue weighted by atomic mass is 16.5. The lowest BCUT2D eigenvalue weighted by Crippen LogP contribution is -2.33. The topological polar surface area (TPSA) is 38.3 Å². The van der Waals surface area contributed by atoms with Gasteiger partial charge >= 0.3 is 5.97 Å². The Morgan fingerprint density at radius 2 is 2.19 bits per heavy atom. The van der Waals surface area contributed by atoms with Crippen molar-refractivity contribution in [1.29, 1.82) is 0 Å².